The molecule has 190 valence electrons. The third-order valence-corrected chi connectivity index (χ3v) is 5.86. The topological polar surface area (TPSA) is 213 Å². The van der Waals surface area contributed by atoms with Gasteiger partial charge in [-0.2, -0.15) is 0 Å². The Labute approximate surface area is 215 Å². The number of rotatable bonds is 8. The molecule has 0 aliphatic carbocycles. The number of nitrogens with zero attached hydrogens (tertiary/aromatic N) is 5. The first-order valence-electron chi connectivity index (χ1n) is 10.4. The number of nitrogens with one attached hydrogen (secondary N) is 2. The zero-order valence-corrected chi connectivity index (χ0v) is 19.6. The average Bonchev–Trinajstić information content (AvgIpc) is 3.37. The molecule has 0 fully saturated rings. The van der Waals surface area contributed by atoms with Crippen molar-refractivity contribution in [2.24, 2.45) is 0 Å². The third-order valence-electron chi connectivity index (χ3n) is 4.98. The van der Waals surface area contributed by atoms with E-state index in [1.807, 2.05) is 0 Å². The van der Waals surface area contributed by atoms with Crippen LogP contribution in [-0.2, 0) is 0 Å². The standard InChI is InChI=1S/C22H13N7O8S/c30-19(13-9-15(28(34)35)11-16(10-13)29(36)37)23-18-4-2-1-3-17(18)20(31)24-22-26-25-21(38-22)12-5-7-14(8-6-12)27(32)33/h1-11H,(H,23,30)(H,24,26,31). The molecule has 0 saturated heterocycles. The molecule has 16 heteroatoms. The van der Waals surface area contributed by atoms with Crippen molar-refractivity contribution in [1.29, 1.82) is 0 Å². The second kappa shape index (κ2) is 10.5. The van der Waals surface area contributed by atoms with E-state index in [2.05, 4.69) is 20.8 Å². The zero-order chi connectivity index (χ0) is 27.4. The molecule has 38 heavy (non-hydrogen) atoms. The minimum absolute atomic E-state index is 0.00728. The first-order chi connectivity index (χ1) is 18.1. The molecule has 0 aliphatic rings. The van der Waals surface area contributed by atoms with Gasteiger partial charge in [-0.15, -0.1) is 10.2 Å². The fourth-order valence-electron chi connectivity index (χ4n) is 3.20. The molecule has 2 N–H and O–H groups in total. The third kappa shape index (κ3) is 5.60. The predicted molar refractivity (Wildman–Crippen MR) is 134 cm³/mol. The fourth-order valence-corrected chi connectivity index (χ4v) is 3.95. The van der Waals surface area contributed by atoms with E-state index in [1.165, 1.54) is 48.5 Å². The molecular weight excluding hydrogens is 522 g/mol. The highest BCUT2D eigenvalue weighted by atomic mass is 32.1. The van der Waals surface area contributed by atoms with Crippen LogP contribution in [0.2, 0.25) is 0 Å². The van der Waals surface area contributed by atoms with Crippen molar-refractivity contribution in [2.75, 3.05) is 10.6 Å². The van der Waals surface area contributed by atoms with Crippen molar-refractivity contribution in [3.05, 3.63) is 108 Å². The van der Waals surface area contributed by atoms with Crippen molar-refractivity contribution in [1.82, 2.24) is 10.2 Å². The summed E-state index contributed by atoms with van der Waals surface area (Å²) in [5.74, 6) is -1.58. The molecule has 1 aromatic heterocycles. The molecule has 2 amide bonds. The summed E-state index contributed by atoms with van der Waals surface area (Å²) in [5.41, 5.74) is -1.14. The van der Waals surface area contributed by atoms with Crippen molar-refractivity contribution < 1.29 is 24.4 Å². The average molecular weight is 535 g/mol. The van der Waals surface area contributed by atoms with Gasteiger partial charge in [0.15, 0.2) is 0 Å². The number of aromatic nitrogens is 2. The maximum Gasteiger partial charge on any atom is 0.277 e. The van der Waals surface area contributed by atoms with Crippen LogP contribution in [0.4, 0.5) is 27.9 Å². The van der Waals surface area contributed by atoms with Crippen molar-refractivity contribution in [3.8, 4) is 10.6 Å². The smallest absolute Gasteiger partial charge is 0.277 e. The van der Waals surface area contributed by atoms with Gasteiger partial charge in [0.1, 0.15) is 5.01 Å². The summed E-state index contributed by atoms with van der Waals surface area (Å²) in [6.45, 7) is 0. The van der Waals surface area contributed by atoms with E-state index in [1.54, 1.807) is 0 Å². The van der Waals surface area contributed by atoms with Gasteiger partial charge in [-0.25, -0.2) is 0 Å². The van der Waals surface area contributed by atoms with Crippen molar-refractivity contribution >= 4 is 51.0 Å². The van der Waals surface area contributed by atoms with Gasteiger partial charge in [0.2, 0.25) is 5.13 Å². The van der Waals surface area contributed by atoms with Gasteiger partial charge >= 0.3 is 0 Å². The Morgan fingerprint density at radius 2 is 1.32 bits per heavy atom. The minimum atomic E-state index is -0.909. The van der Waals surface area contributed by atoms with Crippen molar-refractivity contribution in [3.63, 3.8) is 0 Å². The summed E-state index contributed by atoms with van der Waals surface area (Å²) in [4.78, 5) is 56.5. The number of para-hydroxylation sites is 1. The zero-order valence-electron chi connectivity index (χ0n) is 18.8. The number of carbonyl (C=O) groups excluding carboxylic acids is 2. The van der Waals surface area contributed by atoms with E-state index in [9.17, 15) is 39.9 Å². The normalized spacial score (nSPS) is 10.4. The fraction of sp³-hybridized carbons (Fsp3) is 0. The molecule has 1 heterocycles. The molecule has 0 unspecified atom stereocenters. The highest BCUT2D eigenvalue weighted by molar-refractivity contribution is 7.18. The summed E-state index contributed by atoms with van der Waals surface area (Å²) in [6.07, 6.45) is 0. The number of hydrogen-bond donors (Lipinski definition) is 2. The summed E-state index contributed by atoms with van der Waals surface area (Å²) < 4.78 is 0. The lowest BCUT2D eigenvalue weighted by Gasteiger charge is -2.10. The van der Waals surface area contributed by atoms with Crippen LogP contribution in [0.15, 0.2) is 66.7 Å². The van der Waals surface area contributed by atoms with Crippen LogP contribution in [-0.4, -0.2) is 36.8 Å². The molecular formula is C22H13N7O8S. The molecule has 0 radical (unpaired) electrons. The maximum atomic E-state index is 12.9. The van der Waals surface area contributed by atoms with E-state index in [4.69, 9.17) is 0 Å². The number of benzene rings is 3. The monoisotopic (exact) mass is 535 g/mol. The second-order valence-corrected chi connectivity index (χ2v) is 8.40. The number of amides is 2. The Morgan fingerprint density at radius 3 is 1.92 bits per heavy atom. The van der Waals surface area contributed by atoms with Gasteiger partial charge < -0.3 is 5.32 Å². The Kier molecular flexibility index (Phi) is 7.06. The molecule has 0 atom stereocenters. The van der Waals surface area contributed by atoms with Gasteiger partial charge in [-0.1, -0.05) is 23.5 Å². The van der Waals surface area contributed by atoms with Gasteiger partial charge in [0.25, 0.3) is 28.9 Å². The molecule has 0 bridgehead atoms. The number of nitro benzene ring substituents is 3. The van der Waals surface area contributed by atoms with Gasteiger partial charge in [0.05, 0.1) is 37.7 Å². The van der Waals surface area contributed by atoms with Crippen LogP contribution in [0.5, 0.6) is 0 Å². The van der Waals surface area contributed by atoms with E-state index < -0.39 is 38.0 Å². The lowest BCUT2D eigenvalue weighted by Crippen LogP contribution is -2.18. The lowest BCUT2D eigenvalue weighted by molar-refractivity contribution is -0.394. The molecule has 15 nitrogen and oxygen atoms in total. The minimum Gasteiger partial charge on any atom is -0.321 e. The Hall–Kier alpha value is -5.64. The summed E-state index contributed by atoms with van der Waals surface area (Å²) in [5, 5.41) is 46.4. The van der Waals surface area contributed by atoms with E-state index in [0.29, 0.717) is 10.6 Å². The Bertz CT molecular complexity index is 1570. The Morgan fingerprint density at radius 1 is 0.711 bits per heavy atom. The highest BCUT2D eigenvalue weighted by Gasteiger charge is 2.22. The Balaban J connectivity index is 1.53. The number of non-ortho nitro benzene ring substituents is 3. The summed E-state index contributed by atoms with van der Waals surface area (Å²) in [7, 11) is 0. The van der Waals surface area contributed by atoms with E-state index in [-0.39, 0.29) is 27.6 Å². The van der Waals surface area contributed by atoms with Gasteiger partial charge in [0, 0.05) is 29.8 Å². The van der Waals surface area contributed by atoms with Gasteiger partial charge in [-0.05, 0) is 24.3 Å². The number of hydrogen-bond acceptors (Lipinski definition) is 11. The molecule has 4 rings (SSSR count). The number of carbonyl (C=O) groups is 2. The van der Waals surface area contributed by atoms with Crippen LogP contribution >= 0.6 is 11.3 Å². The lowest BCUT2D eigenvalue weighted by atomic mass is 10.1. The van der Waals surface area contributed by atoms with Crippen LogP contribution in [0, 0.1) is 30.3 Å². The van der Waals surface area contributed by atoms with Crippen LogP contribution in [0.25, 0.3) is 10.6 Å². The van der Waals surface area contributed by atoms with Crippen LogP contribution in [0.3, 0.4) is 0 Å². The first kappa shape index (κ1) is 25.5. The van der Waals surface area contributed by atoms with Crippen LogP contribution in [0.1, 0.15) is 20.7 Å². The second-order valence-electron chi connectivity index (χ2n) is 7.42. The van der Waals surface area contributed by atoms with Gasteiger partial charge in [-0.3, -0.25) is 45.2 Å². The first-order valence-corrected chi connectivity index (χ1v) is 11.2. The summed E-state index contributed by atoms with van der Waals surface area (Å²) >= 11 is 1.01. The maximum absolute atomic E-state index is 12.9. The van der Waals surface area contributed by atoms with Crippen molar-refractivity contribution in [2.45, 2.75) is 0 Å². The SMILES string of the molecule is O=C(Nc1ccccc1C(=O)Nc1nnc(-c2ccc([N+](=O)[O-])cc2)s1)c1cc([N+](=O)[O-])cc([N+](=O)[O-])c1. The quantitative estimate of drug-likeness (QED) is 0.239. The highest BCUT2D eigenvalue weighted by Crippen LogP contribution is 2.29. The number of anilines is 2. The molecule has 0 spiro atoms. The molecule has 4 aromatic rings. The molecule has 0 saturated carbocycles. The predicted octanol–water partition coefficient (Wildman–Crippen LogP) is 4.43. The molecule has 0 aliphatic heterocycles. The largest absolute Gasteiger partial charge is 0.321 e. The molecule has 3 aromatic carbocycles. The van der Waals surface area contributed by atoms with E-state index in [0.717, 1.165) is 29.5 Å². The van der Waals surface area contributed by atoms with Crippen LogP contribution < -0.4 is 10.6 Å². The van der Waals surface area contributed by atoms with E-state index >= 15 is 0 Å². The summed E-state index contributed by atoms with van der Waals surface area (Å²) in [6, 6.07) is 14.0. The number of nitro groups is 3.